The van der Waals surface area contributed by atoms with Crippen LogP contribution in [-0.2, 0) is 4.79 Å². The zero-order valence-corrected chi connectivity index (χ0v) is 15.5. The summed E-state index contributed by atoms with van der Waals surface area (Å²) in [7, 11) is 0. The molecule has 1 aromatic carbocycles. The third-order valence-corrected chi connectivity index (χ3v) is 4.60. The molecule has 1 aliphatic heterocycles. The third-order valence-electron chi connectivity index (χ3n) is 4.24. The SMILES string of the molecule is O=C(/C=C/c1ccco1)NC(=S)N1CCN(c2c(F)c(F)c(F)c(F)c2F)CC1. The first-order valence-electron chi connectivity index (χ1n) is 8.37. The number of carbonyl (C=O) groups excluding carboxylic acids is 1. The van der Waals surface area contributed by atoms with Gasteiger partial charge in [-0.15, -0.1) is 0 Å². The fourth-order valence-electron chi connectivity index (χ4n) is 2.77. The highest BCUT2D eigenvalue weighted by Crippen LogP contribution is 2.30. The number of piperazine rings is 1. The lowest BCUT2D eigenvalue weighted by Gasteiger charge is -2.37. The van der Waals surface area contributed by atoms with Gasteiger partial charge in [0.25, 0.3) is 0 Å². The van der Waals surface area contributed by atoms with Crippen LogP contribution in [0.1, 0.15) is 5.76 Å². The highest BCUT2D eigenvalue weighted by Gasteiger charge is 2.31. The molecular formula is C18H14F5N3O2S. The van der Waals surface area contributed by atoms with Crippen molar-refractivity contribution in [2.75, 3.05) is 31.1 Å². The molecule has 3 rings (SSSR count). The molecule has 1 amide bonds. The minimum absolute atomic E-state index is 0.0589. The van der Waals surface area contributed by atoms with E-state index in [4.69, 9.17) is 16.6 Å². The van der Waals surface area contributed by atoms with Crippen molar-refractivity contribution < 1.29 is 31.2 Å². The number of hydrogen-bond acceptors (Lipinski definition) is 4. The molecule has 0 unspecified atom stereocenters. The second-order valence-electron chi connectivity index (χ2n) is 6.04. The molecule has 0 atom stereocenters. The highest BCUT2D eigenvalue weighted by molar-refractivity contribution is 7.80. The number of amides is 1. The monoisotopic (exact) mass is 431 g/mol. The molecule has 0 bridgehead atoms. The van der Waals surface area contributed by atoms with Crippen LogP contribution in [-0.4, -0.2) is 42.1 Å². The van der Waals surface area contributed by atoms with Gasteiger partial charge >= 0.3 is 0 Å². The van der Waals surface area contributed by atoms with E-state index >= 15 is 0 Å². The van der Waals surface area contributed by atoms with E-state index in [1.54, 1.807) is 17.0 Å². The van der Waals surface area contributed by atoms with Gasteiger partial charge in [0.1, 0.15) is 11.4 Å². The number of carbonyl (C=O) groups is 1. The number of hydrogen-bond donors (Lipinski definition) is 1. The van der Waals surface area contributed by atoms with Crippen molar-refractivity contribution in [3.63, 3.8) is 0 Å². The molecule has 1 fully saturated rings. The summed E-state index contributed by atoms with van der Waals surface area (Å²) in [6, 6.07) is 3.31. The predicted octanol–water partition coefficient (Wildman–Crippen LogP) is 3.21. The van der Waals surface area contributed by atoms with Crippen molar-refractivity contribution in [1.82, 2.24) is 10.2 Å². The Morgan fingerprint density at radius 2 is 1.59 bits per heavy atom. The van der Waals surface area contributed by atoms with Crippen LogP contribution in [0, 0.1) is 29.1 Å². The molecule has 1 aromatic heterocycles. The topological polar surface area (TPSA) is 48.7 Å². The summed E-state index contributed by atoms with van der Waals surface area (Å²) in [6.07, 6.45) is 4.11. The van der Waals surface area contributed by atoms with Crippen molar-refractivity contribution in [2.24, 2.45) is 0 Å². The second-order valence-corrected chi connectivity index (χ2v) is 6.42. The quantitative estimate of drug-likeness (QED) is 0.266. The molecule has 5 nitrogen and oxygen atoms in total. The fraction of sp³-hybridized carbons (Fsp3) is 0.222. The molecule has 0 spiro atoms. The van der Waals surface area contributed by atoms with Crippen LogP contribution in [0.4, 0.5) is 27.6 Å². The molecule has 2 heterocycles. The van der Waals surface area contributed by atoms with Crippen molar-refractivity contribution in [3.05, 3.63) is 59.3 Å². The van der Waals surface area contributed by atoms with Crippen molar-refractivity contribution >= 4 is 35.0 Å². The number of halogens is 5. The van der Waals surface area contributed by atoms with Crippen molar-refractivity contribution in [3.8, 4) is 0 Å². The van der Waals surface area contributed by atoms with Crippen LogP contribution < -0.4 is 10.2 Å². The van der Waals surface area contributed by atoms with Crippen LogP contribution >= 0.6 is 12.2 Å². The van der Waals surface area contributed by atoms with Gasteiger partial charge in [0.2, 0.25) is 11.7 Å². The van der Waals surface area contributed by atoms with Crippen molar-refractivity contribution in [2.45, 2.75) is 0 Å². The summed E-state index contributed by atoms with van der Waals surface area (Å²) in [6.45, 7) is 0.105. The number of nitrogens with zero attached hydrogens (tertiary/aromatic N) is 2. The number of nitrogens with one attached hydrogen (secondary N) is 1. The normalized spacial score (nSPS) is 14.5. The van der Waals surface area contributed by atoms with E-state index in [-0.39, 0.29) is 31.3 Å². The molecule has 0 saturated carbocycles. The first kappa shape index (κ1) is 20.8. The first-order valence-corrected chi connectivity index (χ1v) is 8.78. The Labute approximate surface area is 167 Å². The molecular weight excluding hydrogens is 417 g/mol. The van der Waals surface area contributed by atoms with Crippen LogP contribution in [0.25, 0.3) is 6.08 Å². The predicted molar refractivity (Wildman–Crippen MR) is 98.5 cm³/mol. The second kappa shape index (κ2) is 8.60. The Kier molecular flexibility index (Phi) is 6.16. The Bertz CT molecular complexity index is 928. The molecule has 1 N–H and O–H groups in total. The number of anilines is 1. The third kappa shape index (κ3) is 4.39. The molecule has 29 heavy (non-hydrogen) atoms. The van der Waals surface area contributed by atoms with Crippen LogP contribution in [0.3, 0.4) is 0 Å². The maximum Gasteiger partial charge on any atom is 0.250 e. The van der Waals surface area contributed by atoms with Gasteiger partial charge in [-0.25, -0.2) is 22.0 Å². The van der Waals surface area contributed by atoms with Crippen LogP contribution in [0.2, 0.25) is 0 Å². The summed E-state index contributed by atoms with van der Waals surface area (Å²) >= 11 is 5.13. The summed E-state index contributed by atoms with van der Waals surface area (Å²) in [5, 5.41) is 2.55. The smallest absolute Gasteiger partial charge is 0.250 e. The number of rotatable bonds is 3. The summed E-state index contributed by atoms with van der Waals surface area (Å²) in [5.41, 5.74) is -0.975. The largest absolute Gasteiger partial charge is 0.465 e. The summed E-state index contributed by atoms with van der Waals surface area (Å²) in [4.78, 5) is 14.5. The Hall–Kier alpha value is -2.95. The summed E-state index contributed by atoms with van der Waals surface area (Å²) in [5.74, 6) is -9.98. The molecule has 2 aromatic rings. The van der Waals surface area contributed by atoms with Gasteiger partial charge in [-0.1, -0.05) is 0 Å². The zero-order valence-electron chi connectivity index (χ0n) is 14.7. The maximum absolute atomic E-state index is 13.9. The first-order chi connectivity index (χ1) is 13.8. The maximum atomic E-state index is 13.9. The minimum Gasteiger partial charge on any atom is -0.465 e. The van der Waals surface area contributed by atoms with E-state index < -0.39 is 40.7 Å². The zero-order chi connectivity index (χ0) is 21.1. The molecule has 1 aliphatic rings. The standard InChI is InChI=1S/C18H14F5N3O2S/c19-12-13(20)15(22)17(16(23)14(12)21)25-5-7-26(8-6-25)18(29)24-11(27)4-3-10-2-1-9-28-10/h1-4,9H,5-8H2,(H,24,27,29)/b4-3+. The van der Waals surface area contributed by atoms with Crippen molar-refractivity contribution in [1.29, 1.82) is 0 Å². The van der Waals surface area contributed by atoms with Crippen LogP contribution in [0.15, 0.2) is 28.9 Å². The molecule has 1 saturated heterocycles. The lowest BCUT2D eigenvalue weighted by atomic mass is 10.2. The molecule has 11 heteroatoms. The molecule has 0 aliphatic carbocycles. The van der Waals surface area contributed by atoms with Gasteiger partial charge in [0, 0.05) is 32.3 Å². The fourth-order valence-corrected chi connectivity index (χ4v) is 3.06. The lowest BCUT2D eigenvalue weighted by molar-refractivity contribution is -0.115. The van der Waals surface area contributed by atoms with Gasteiger partial charge in [-0.3, -0.25) is 10.1 Å². The van der Waals surface area contributed by atoms with Gasteiger partial charge in [0.05, 0.1) is 6.26 Å². The minimum atomic E-state index is -2.20. The Morgan fingerprint density at radius 3 is 2.14 bits per heavy atom. The van der Waals surface area contributed by atoms with Gasteiger partial charge in [-0.2, -0.15) is 0 Å². The van der Waals surface area contributed by atoms with Gasteiger partial charge in [-0.05, 0) is 30.4 Å². The Balaban J connectivity index is 1.61. The highest BCUT2D eigenvalue weighted by atomic mass is 32.1. The number of thiocarbonyl (C=S) groups is 1. The number of furan rings is 1. The lowest BCUT2D eigenvalue weighted by Crippen LogP contribution is -2.53. The Morgan fingerprint density at radius 1 is 1.00 bits per heavy atom. The van der Waals surface area contributed by atoms with E-state index in [2.05, 4.69) is 5.32 Å². The molecule has 0 radical (unpaired) electrons. The average Bonchev–Trinajstić information content (AvgIpc) is 3.23. The summed E-state index contributed by atoms with van der Waals surface area (Å²) < 4.78 is 72.9. The van der Waals surface area contributed by atoms with Gasteiger partial charge in [0.15, 0.2) is 28.4 Å². The van der Waals surface area contributed by atoms with Crippen LogP contribution in [0.5, 0.6) is 0 Å². The van der Waals surface area contributed by atoms with E-state index in [9.17, 15) is 26.7 Å². The van der Waals surface area contributed by atoms with E-state index in [1.165, 1.54) is 18.4 Å². The van der Waals surface area contributed by atoms with E-state index in [1.807, 2.05) is 0 Å². The van der Waals surface area contributed by atoms with E-state index in [0.717, 1.165) is 4.90 Å². The molecule has 154 valence electrons. The van der Waals surface area contributed by atoms with Gasteiger partial charge < -0.3 is 14.2 Å². The number of benzene rings is 1. The average molecular weight is 431 g/mol. The van der Waals surface area contributed by atoms with E-state index in [0.29, 0.717) is 5.76 Å².